The van der Waals surface area contributed by atoms with Gasteiger partial charge in [0.2, 0.25) is 0 Å². The molecule has 142 valence electrons. The molecule has 0 aliphatic carbocycles. The van der Waals surface area contributed by atoms with E-state index in [1.165, 1.54) is 12.2 Å². The van der Waals surface area contributed by atoms with Crippen LogP contribution in [-0.2, 0) is 19.2 Å². The number of carbonyl (C=O) groups excluding carboxylic acids is 4. The first-order valence-electron chi connectivity index (χ1n) is 8.00. The number of para-hydroxylation sites is 1. The minimum absolute atomic E-state index is 0. The van der Waals surface area contributed by atoms with Crippen LogP contribution in [0.25, 0.3) is 11.1 Å². The number of amides is 4. The maximum absolute atomic E-state index is 11.7. The normalized spacial score (nSPS) is 14.9. The first-order chi connectivity index (χ1) is 13.0. The number of benzene rings is 2. The quantitative estimate of drug-likeness (QED) is 0.503. The lowest BCUT2D eigenvalue weighted by molar-refractivity contribution is -0.124. The van der Waals surface area contributed by atoms with Crippen LogP contribution in [0.4, 0.5) is 5.69 Å². The number of nitrogens with two attached hydrogens (primary N) is 1. The third-order valence-corrected chi connectivity index (χ3v) is 3.82. The lowest BCUT2D eigenvalue weighted by Gasteiger charge is -2.08. The standard InChI is InChI=1S/C14H8N2O4.C6H7N.H2O/c17-11-5-9(13(19)15-11)7-3-1-2-4-8(7)10-6-12(18)16-14(10)20;7-6-4-2-1-3-5-6;/h1-6H,(H,15,17,19)(H,16,18,20);1-5H,7H2;1H2. The average Bonchev–Trinajstić information content (AvgIpc) is 3.16. The van der Waals surface area contributed by atoms with Gasteiger partial charge in [-0.25, -0.2) is 0 Å². The zero-order chi connectivity index (χ0) is 19.4. The molecule has 0 aromatic heterocycles. The van der Waals surface area contributed by atoms with Gasteiger partial charge in [0.25, 0.3) is 23.6 Å². The molecule has 0 fully saturated rings. The highest BCUT2D eigenvalue weighted by Gasteiger charge is 2.28. The van der Waals surface area contributed by atoms with Crippen molar-refractivity contribution in [1.29, 1.82) is 0 Å². The number of nitrogens with one attached hydrogen (secondary N) is 2. The summed E-state index contributed by atoms with van der Waals surface area (Å²) in [5.41, 5.74) is 7.41. The van der Waals surface area contributed by atoms with Crippen LogP contribution in [-0.4, -0.2) is 29.1 Å². The van der Waals surface area contributed by atoms with Crippen molar-refractivity contribution in [3.8, 4) is 0 Å². The van der Waals surface area contributed by atoms with E-state index in [2.05, 4.69) is 10.6 Å². The van der Waals surface area contributed by atoms with Gasteiger partial charge in [0.05, 0.1) is 11.1 Å². The Morgan fingerprint density at radius 2 is 1.00 bits per heavy atom. The van der Waals surface area contributed by atoms with Gasteiger partial charge < -0.3 is 11.2 Å². The Kier molecular flexibility index (Phi) is 6.20. The highest BCUT2D eigenvalue weighted by Crippen LogP contribution is 2.28. The summed E-state index contributed by atoms with van der Waals surface area (Å²) in [7, 11) is 0. The van der Waals surface area contributed by atoms with E-state index in [0.29, 0.717) is 11.1 Å². The second-order valence-corrected chi connectivity index (χ2v) is 5.71. The number of rotatable bonds is 2. The molecule has 2 aromatic carbocycles. The van der Waals surface area contributed by atoms with Crippen molar-refractivity contribution in [3.63, 3.8) is 0 Å². The molecular weight excluding hydrogens is 362 g/mol. The van der Waals surface area contributed by atoms with E-state index in [0.717, 1.165) is 5.69 Å². The van der Waals surface area contributed by atoms with Gasteiger partial charge in [0.15, 0.2) is 0 Å². The van der Waals surface area contributed by atoms with Crippen molar-refractivity contribution >= 4 is 40.5 Å². The topological polar surface area (TPSA) is 150 Å². The molecule has 2 aliphatic heterocycles. The van der Waals surface area contributed by atoms with Crippen LogP contribution in [0, 0.1) is 0 Å². The number of anilines is 1. The van der Waals surface area contributed by atoms with E-state index in [4.69, 9.17) is 5.73 Å². The van der Waals surface area contributed by atoms with Crippen molar-refractivity contribution < 1.29 is 24.7 Å². The van der Waals surface area contributed by atoms with Gasteiger partial charge in [0, 0.05) is 17.8 Å². The van der Waals surface area contributed by atoms with E-state index in [1.807, 2.05) is 30.3 Å². The molecule has 0 atom stereocenters. The fourth-order valence-electron chi connectivity index (χ4n) is 2.63. The highest BCUT2D eigenvalue weighted by atomic mass is 16.2. The molecule has 28 heavy (non-hydrogen) atoms. The predicted octanol–water partition coefficient (Wildman–Crippen LogP) is 0.210. The lowest BCUT2D eigenvalue weighted by atomic mass is 9.94. The zero-order valence-electron chi connectivity index (χ0n) is 14.6. The predicted molar refractivity (Wildman–Crippen MR) is 103 cm³/mol. The Bertz CT molecular complexity index is 947. The molecule has 2 aliphatic rings. The van der Waals surface area contributed by atoms with Gasteiger partial charge in [0.1, 0.15) is 0 Å². The van der Waals surface area contributed by atoms with Crippen LogP contribution in [0.5, 0.6) is 0 Å². The molecule has 0 bridgehead atoms. The number of nitrogen functional groups attached to an aromatic ring is 1. The third kappa shape index (κ3) is 4.37. The maximum atomic E-state index is 11.7. The number of hydrogen-bond donors (Lipinski definition) is 3. The first kappa shape index (κ1) is 20.3. The molecule has 0 radical (unpaired) electrons. The molecule has 0 saturated carbocycles. The van der Waals surface area contributed by atoms with Crippen LogP contribution < -0.4 is 16.4 Å². The van der Waals surface area contributed by atoms with Crippen LogP contribution in [0.2, 0.25) is 0 Å². The van der Waals surface area contributed by atoms with Crippen LogP contribution in [0.1, 0.15) is 11.1 Å². The summed E-state index contributed by atoms with van der Waals surface area (Å²) in [4.78, 5) is 45.9. The summed E-state index contributed by atoms with van der Waals surface area (Å²) >= 11 is 0. The van der Waals surface area contributed by atoms with Crippen LogP contribution >= 0.6 is 0 Å². The van der Waals surface area contributed by atoms with E-state index in [9.17, 15) is 19.2 Å². The van der Waals surface area contributed by atoms with Gasteiger partial charge in [-0.2, -0.15) is 0 Å². The Labute approximate surface area is 160 Å². The van der Waals surface area contributed by atoms with Gasteiger partial charge >= 0.3 is 0 Å². The summed E-state index contributed by atoms with van der Waals surface area (Å²) in [5, 5.41) is 4.29. The molecule has 4 rings (SSSR count). The fraction of sp³-hybridized carbons (Fsp3) is 0. The summed E-state index contributed by atoms with van der Waals surface area (Å²) in [6.45, 7) is 0. The van der Waals surface area contributed by atoms with E-state index < -0.39 is 23.6 Å². The molecule has 8 heteroatoms. The Morgan fingerprint density at radius 1 is 0.607 bits per heavy atom. The van der Waals surface area contributed by atoms with Crippen molar-refractivity contribution in [1.82, 2.24) is 10.6 Å². The van der Waals surface area contributed by atoms with E-state index >= 15 is 0 Å². The molecule has 2 aromatic rings. The molecule has 0 unspecified atom stereocenters. The first-order valence-corrected chi connectivity index (χ1v) is 8.00. The number of imide groups is 2. The Balaban J connectivity index is 0.000000298. The molecule has 2 heterocycles. The molecule has 0 saturated heterocycles. The summed E-state index contributed by atoms with van der Waals surface area (Å²) in [6.07, 6.45) is 2.35. The average molecular weight is 379 g/mol. The summed E-state index contributed by atoms with van der Waals surface area (Å²) in [5.74, 6) is -2.04. The molecular formula is C20H17N3O5. The lowest BCUT2D eigenvalue weighted by Crippen LogP contribution is -2.23. The van der Waals surface area contributed by atoms with Crippen LogP contribution in [0.3, 0.4) is 0 Å². The van der Waals surface area contributed by atoms with Gasteiger partial charge in [-0.05, 0) is 23.3 Å². The molecule has 6 N–H and O–H groups in total. The second kappa shape index (κ2) is 8.56. The number of hydrogen-bond acceptors (Lipinski definition) is 5. The summed E-state index contributed by atoms with van der Waals surface area (Å²) < 4.78 is 0. The minimum atomic E-state index is -0.521. The van der Waals surface area contributed by atoms with Crippen LogP contribution in [0.15, 0.2) is 66.7 Å². The smallest absolute Gasteiger partial charge is 0.258 e. The van der Waals surface area contributed by atoms with Gasteiger partial charge in [-0.15, -0.1) is 0 Å². The van der Waals surface area contributed by atoms with Crippen molar-refractivity contribution in [2.45, 2.75) is 0 Å². The molecule has 0 spiro atoms. The fourth-order valence-corrected chi connectivity index (χ4v) is 2.63. The zero-order valence-corrected chi connectivity index (χ0v) is 14.6. The number of carbonyl (C=O) groups is 4. The SMILES string of the molecule is Nc1ccccc1.O.O=C1C=C(c2ccccc2C2=CC(=O)NC2=O)C(=O)N1. The van der Waals surface area contributed by atoms with Crippen molar-refractivity contribution in [2.24, 2.45) is 0 Å². The maximum Gasteiger partial charge on any atom is 0.258 e. The van der Waals surface area contributed by atoms with Crippen molar-refractivity contribution in [2.75, 3.05) is 5.73 Å². The third-order valence-electron chi connectivity index (χ3n) is 3.82. The largest absolute Gasteiger partial charge is 0.412 e. The van der Waals surface area contributed by atoms with E-state index in [1.54, 1.807) is 24.3 Å². The highest BCUT2D eigenvalue weighted by molar-refractivity contribution is 6.37. The van der Waals surface area contributed by atoms with Gasteiger partial charge in [-0.3, -0.25) is 29.8 Å². The summed E-state index contributed by atoms with van der Waals surface area (Å²) in [6, 6.07) is 16.1. The van der Waals surface area contributed by atoms with E-state index in [-0.39, 0.29) is 16.6 Å². The minimum Gasteiger partial charge on any atom is -0.412 e. The Morgan fingerprint density at radius 3 is 1.29 bits per heavy atom. The monoisotopic (exact) mass is 379 g/mol. The Hall–Kier alpha value is -4.04. The second-order valence-electron chi connectivity index (χ2n) is 5.71. The van der Waals surface area contributed by atoms with Gasteiger partial charge in [-0.1, -0.05) is 42.5 Å². The molecule has 8 nitrogen and oxygen atoms in total. The molecule has 4 amide bonds. The van der Waals surface area contributed by atoms with Crippen molar-refractivity contribution in [3.05, 3.63) is 77.9 Å².